The average Bonchev–Trinajstić information content (AvgIpc) is 2.90. The van der Waals surface area contributed by atoms with Crippen LogP contribution >= 0.6 is 11.6 Å². The second-order valence-corrected chi connectivity index (χ2v) is 5.48. The van der Waals surface area contributed by atoms with Crippen molar-refractivity contribution in [2.24, 2.45) is 0 Å². The fourth-order valence-corrected chi connectivity index (χ4v) is 2.67. The molecule has 0 atom stereocenters. The van der Waals surface area contributed by atoms with Crippen LogP contribution in [-0.4, -0.2) is 12.4 Å². The Morgan fingerprint density at radius 1 is 1.33 bits per heavy atom. The van der Waals surface area contributed by atoms with Crippen LogP contribution in [0.4, 0.5) is 10.1 Å². The minimum Gasteiger partial charge on any atom is -0.492 e. The average molecular weight is 306 g/mol. The maximum atomic E-state index is 13.8. The topological polar surface area (TPSA) is 52.3 Å². The number of ketones is 1. The van der Waals surface area contributed by atoms with Crippen molar-refractivity contribution in [1.29, 1.82) is 0 Å². The molecule has 0 amide bonds. The van der Waals surface area contributed by atoms with E-state index in [0.717, 1.165) is 5.56 Å². The van der Waals surface area contributed by atoms with Gasteiger partial charge in [-0.25, -0.2) is 4.39 Å². The van der Waals surface area contributed by atoms with Crippen LogP contribution in [0.1, 0.15) is 27.0 Å². The van der Waals surface area contributed by atoms with Crippen LogP contribution in [0.2, 0.25) is 5.02 Å². The molecule has 0 fully saturated rings. The van der Waals surface area contributed by atoms with Crippen molar-refractivity contribution in [3.05, 3.63) is 57.4 Å². The number of hydrogen-bond donors (Lipinski definition) is 1. The van der Waals surface area contributed by atoms with E-state index in [9.17, 15) is 9.18 Å². The molecule has 2 aromatic rings. The number of rotatable bonds is 2. The van der Waals surface area contributed by atoms with E-state index in [4.69, 9.17) is 22.1 Å². The molecule has 0 spiro atoms. The number of hydrogen-bond acceptors (Lipinski definition) is 3. The molecular weight excluding hydrogens is 293 g/mol. The van der Waals surface area contributed by atoms with E-state index >= 15 is 0 Å². The van der Waals surface area contributed by atoms with Gasteiger partial charge in [0.25, 0.3) is 0 Å². The standard InChI is InChI=1S/C16H13ClFNO2/c1-8-13(18)5-10(6-14(8)19)15(20)12-7-11(17)4-9-2-3-21-16(9)12/h4-7H,2-3,19H2,1H3. The van der Waals surface area contributed by atoms with Crippen LogP contribution < -0.4 is 10.5 Å². The normalized spacial score (nSPS) is 12.9. The molecule has 2 N–H and O–H groups in total. The molecule has 2 aromatic carbocycles. The molecule has 1 aliphatic heterocycles. The predicted octanol–water partition coefficient (Wildman–Crippen LogP) is 3.54. The summed E-state index contributed by atoms with van der Waals surface area (Å²) in [6.45, 7) is 2.08. The van der Waals surface area contributed by atoms with E-state index in [2.05, 4.69) is 0 Å². The number of ether oxygens (including phenoxy) is 1. The highest BCUT2D eigenvalue weighted by Crippen LogP contribution is 2.34. The molecule has 1 aliphatic rings. The summed E-state index contributed by atoms with van der Waals surface area (Å²) in [5.74, 6) is -0.317. The van der Waals surface area contributed by atoms with E-state index in [1.165, 1.54) is 12.1 Å². The molecule has 108 valence electrons. The number of nitrogen functional groups attached to an aromatic ring is 1. The van der Waals surface area contributed by atoms with Crippen LogP contribution in [0.25, 0.3) is 0 Å². The van der Waals surface area contributed by atoms with Gasteiger partial charge < -0.3 is 10.5 Å². The Morgan fingerprint density at radius 3 is 2.81 bits per heavy atom. The van der Waals surface area contributed by atoms with Crippen LogP contribution in [0.15, 0.2) is 24.3 Å². The first-order valence-electron chi connectivity index (χ1n) is 6.53. The largest absolute Gasteiger partial charge is 0.492 e. The minimum absolute atomic E-state index is 0.190. The Hall–Kier alpha value is -2.07. The fraction of sp³-hybridized carbons (Fsp3) is 0.188. The number of benzene rings is 2. The highest BCUT2D eigenvalue weighted by atomic mass is 35.5. The number of nitrogens with two attached hydrogens (primary N) is 1. The van der Waals surface area contributed by atoms with Crippen molar-refractivity contribution in [2.45, 2.75) is 13.3 Å². The first-order chi connectivity index (χ1) is 9.97. The van der Waals surface area contributed by atoms with Gasteiger partial charge in [-0.1, -0.05) is 11.6 Å². The third kappa shape index (κ3) is 2.36. The fourth-order valence-electron chi connectivity index (χ4n) is 2.42. The molecule has 0 aliphatic carbocycles. The molecule has 0 saturated carbocycles. The Kier molecular flexibility index (Phi) is 3.33. The quantitative estimate of drug-likeness (QED) is 0.682. The monoisotopic (exact) mass is 305 g/mol. The maximum Gasteiger partial charge on any atom is 0.196 e. The smallest absolute Gasteiger partial charge is 0.196 e. The second-order valence-electron chi connectivity index (χ2n) is 5.04. The Labute approximate surface area is 126 Å². The zero-order valence-corrected chi connectivity index (χ0v) is 12.1. The van der Waals surface area contributed by atoms with Crippen LogP contribution in [-0.2, 0) is 6.42 Å². The number of halogens is 2. The predicted molar refractivity (Wildman–Crippen MR) is 79.6 cm³/mol. The first-order valence-corrected chi connectivity index (χ1v) is 6.90. The molecule has 3 rings (SSSR count). The molecule has 1 heterocycles. The first kappa shape index (κ1) is 13.9. The van der Waals surface area contributed by atoms with Gasteiger partial charge in [-0.05, 0) is 36.8 Å². The summed E-state index contributed by atoms with van der Waals surface area (Å²) in [5, 5.41) is 0.461. The Morgan fingerprint density at radius 2 is 2.10 bits per heavy atom. The van der Waals surface area contributed by atoms with Gasteiger partial charge in [-0.3, -0.25) is 4.79 Å². The van der Waals surface area contributed by atoms with Crippen LogP contribution in [0, 0.1) is 12.7 Å². The van der Waals surface area contributed by atoms with Gasteiger partial charge in [-0.15, -0.1) is 0 Å². The number of carbonyl (C=O) groups is 1. The molecule has 3 nitrogen and oxygen atoms in total. The summed E-state index contributed by atoms with van der Waals surface area (Å²) < 4.78 is 19.3. The molecule has 0 aromatic heterocycles. The lowest BCUT2D eigenvalue weighted by Crippen LogP contribution is -2.06. The number of carbonyl (C=O) groups excluding carboxylic acids is 1. The van der Waals surface area contributed by atoms with Crippen molar-refractivity contribution >= 4 is 23.1 Å². The number of fused-ring (bicyclic) bond motifs is 1. The molecule has 5 heteroatoms. The zero-order valence-electron chi connectivity index (χ0n) is 11.4. The van der Waals surface area contributed by atoms with E-state index in [-0.39, 0.29) is 17.0 Å². The van der Waals surface area contributed by atoms with Crippen molar-refractivity contribution in [1.82, 2.24) is 0 Å². The van der Waals surface area contributed by atoms with Gasteiger partial charge in [0.15, 0.2) is 5.78 Å². The summed E-state index contributed by atoms with van der Waals surface area (Å²) in [6.07, 6.45) is 0.709. The van der Waals surface area contributed by atoms with Crippen LogP contribution in [0.3, 0.4) is 0 Å². The minimum atomic E-state index is -0.502. The molecule has 0 bridgehead atoms. The van der Waals surface area contributed by atoms with E-state index < -0.39 is 5.82 Å². The van der Waals surface area contributed by atoms with Crippen molar-refractivity contribution in [2.75, 3.05) is 12.3 Å². The summed E-state index contributed by atoms with van der Waals surface area (Å²) in [7, 11) is 0. The summed E-state index contributed by atoms with van der Waals surface area (Å²) in [4.78, 5) is 12.6. The third-order valence-electron chi connectivity index (χ3n) is 3.64. The van der Waals surface area contributed by atoms with Gasteiger partial charge in [0.2, 0.25) is 0 Å². The van der Waals surface area contributed by atoms with E-state index in [0.29, 0.717) is 34.9 Å². The summed E-state index contributed by atoms with van der Waals surface area (Å²) >= 11 is 6.04. The molecule has 0 saturated heterocycles. The lowest BCUT2D eigenvalue weighted by atomic mass is 9.98. The van der Waals surface area contributed by atoms with Crippen LogP contribution in [0.5, 0.6) is 5.75 Å². The molecule has 0 unspecified atom stereocenters. The SMILES string of the molecule is Cc1c(N)cc(C(=O)c2cc(Cl)cc3c2OCC3)cc1F. The molecule has 0 radical (unpaired) electrons. The molecule has 21 heavy (non-hydrogen) atoms. The Balaban J connectivity index is 2.12. The van der Waals surface area contributed by atoms with Gasteiger partial charge in [0, 0.05) is 28.3 Å². The molecular formula is C16H13ClFNO2. The van der Waals surface area contributed by atoms with Gasteiger partial charge in [0.05, 0.1) is 12.2 Å². The van der Waals surface area contributed by atoms with Gasteiger partial charge in [-0.2, -0.15) is 0 Å². The Bertz CT molecular complexity index is 735. The summed E-state index contributed by atoms with van der Waals surface area (Å²) in [5.41, 5.74) is 7.74. The third-order valence-corrected chi connectivity index (χ3v) is 3.86. The zero-order chi connectivity index (χ0) is 15.1. The van der Waals surface area contributed by atoms with E-state index in [1.54, 1.807) is 19.1 Å². The maximum absolute atomic E-state index is 13.8. The highest BCUT2D eigenvalue weighted by molar-refractivity contribution is 6.31. The number of anilines is 1. The highest BCUT2D eigenvalue weighted by Gasteiger charge is 2.23. The van der Waals surface area contributed by atoms with Crippen molar-refractivity contribution in [3.8, 4) is 5.75 Å². The van der Waals surface area contributed by atoms with Crippen molar-refractivity contribution in [3.63, 3.8) is 0 Å². The second kappa shape index (κ2) is 5.04. The van der Waals surface area contributed by atoms with Gasteiger partial charge in [0.1, 0.15) is 11.6 Å². The van der Waals surface area contributed by atoms with Crippen molar-refractivity contribution < 1.29 is 13.9 Å². The lowest BCUT2D eigenvalue weighted by Gasteiger charge is -2.10. The van der Waals surface area contributed by atoms with E-state index in [1.807, 2.05) is 0 Å². The lowest BCUT2D eigenvalue weighted by molar-refractivity contribution is 0.103. The van der Waals surface area contributed by atoms with Gasteiger partial charge >= 0.3 is 0 Å². The summed E-state index contributed by atoms with van der Waals surface area (Å²) in [6, 6.07) is 5.99.